The number of hydrogen-bond acceptors (Lipinski definition) is 7. The summed E-state index contributed by atoms with van der Waals surface area (Å²) in [6.07, 6.45) is 2.58. The first-order chi connectivity index (χ1) is 21.2. The number of methoxy groups -OCH3 is 2. The molecule has 6 N–H and O–H groups in total. The van der Waals surface area contributed by atoms with Crippen LogP contribution in [0.25, 0.3) is 0 Å². The maximum Gasteiger partial charge on any atom is 0.242 e. The Labute approximate surface area is 256 Å². The third kappa shape index (κ3) is 8.81. The van der Waals surface area contributed by atoms with E-state index in [9.17, 15) is 14.4 Å². The molecule has 0 aliphatic heterocycles. The molecule has 1 unspecified atom stereocenters. The summed E-state index contributed by atoms with van der Waals surface area (Å²) in [7, 11) is 3.16. The molecule has 4 aromatic rings. The Bertz CT molecular complexity index is 1510. The Balaban J connectivity index is 1.56. The predicted molar refractivity (Wildman–Crippen MR) is 168 cm³/mol. The molecule has 0 spiro atoms. The summed E-state index contributed by atoms with van der Waals surface area (Å²) in [4.78, 5) is 42.8. The van der Waals surface area contributed by atoms with Crippen LogP contribution in [-0.4, -0.2) is 43.0 Å². The number of nitrogen functional groups attached to an aromatic ring is 1. The molecule has 1 heterocycles. The summed E-state index contributed by atoms with van der Waals surface area (Å²) in [5.74, 6) is -0.0558. The fourth-order valence-corrected chi connectivity index (χ4v) is 4.86. The molecule has 0 aliphatic carbocycles. The average molecular weight is 596 g/mol. The highest BCUT2D eigenvalue weighted by Crippen LogP contribution is 2.28. The summed E-state index contributed by atoms with van der Waals surface area (Å²) in [5, 5.41) is 5.96. The second-order valence-electron chi connectivity index (χ2n) is 10.3. The summed E-state index contributed by atoms with van der Waals surface area (Å²) >= 11 is 0. The zero-order chi connectivity index (χ0) is 31.5. The lowest BCUT2D eigenvalue weighted by atomic mass is 9.89. The number of pyridine rings is 1. The van der Waals surface area contributed by atoms with Crippen molar-refractivity contribution in [1.82, 2.24) is 15.6 Å². The molecule has 228 valence electrons. The van der Waals surface area contributed by atoms with E-state index in [0.717, 1.165) is 27.8 Å². The Morgan fingerprint density at radius 3 is 1.86 bits per heavy atom. The lowest BCUT2D eigenvalue weighted by Gasteiger charge is -2.24. The fourth-order valence-electron chi connectivity index (χ4n) is 4.86. The molecule has 1 aromatic heterocycles. The van der Waals surface area contributed by atoms with E-state index in [2.05, 4.69) is 15.6 Å². The predicted octanol–water partition coefficient (Wildman–Crippen LogP) is 3.27. The van der Waals surface area contributed by atoms with Gasteiger partial charge in [-0.25, -0.2) is 4.98 Å². The van der Waals surface area contributed by atoms with Crippen LogP contribution in [0.4, 0.5) is 5.82 Å². The number of aryl methyl sites for hydroxylation is 1. The molecule has 3 aromatic carbocycles. The molecule has 0 fully saturated rings. The topological polar surface area (TPSA) is 159 Å². The molecular weight excluding hydrogens is 558 g/mol. The van der Waals surface area contributed by atoms with Crippen molar-refractivity contribution >= 4 is 23.5 Å². The Morgan fingerprint density at radius 1 is 0.773 bits per heavy atom. The lowest BCUT2D eigenvalue weighted by Crippen LogP contribution is -2.48. The second kappa shape index (κ2) is 15.2. The van der Waals surface area contributed by atoms with Crippen molar-refractivity contribution in [3.8, 4) is 11.5 Å². The zero-order valence-electron chi connectivity index (χ0n) is 24.8. The van der Waals surface area contributed by atoms with Crippen molar-refractivity contribution in [2.45, 2.75) is 37.8 Å². The van der Waals surface area contributed by atoms with Crippen LogP contribution in [0.15, 0.2) is 91.1 Å². The van der Waals surface area contributed by atoms with Crippen molar-refractivity contribution in [2.24, 2.45) is 5.73 Å². The monoisotopic (exact) mass is 595 g/mol. The van der Waals surface area contributed by atoms with Gasteiger partial charge in [0.15, 0.2) is 0 Å². The first-order valence-corrected chi connectivity index (χ1v) is 14.2. The number of nitrogens with zero attached hydrogens (tertiary/aromatic N) is 1. The number of nitrogens with two attached hydrogens (primary N) is 2. The molecule has 3 amide bonds. The minimum Gasteiger partial charge on any atom is -0.497 e. The van der Waals surface area contributed by atoms with Crippen LogP contribution in [-0.2, 0) is 33.8 Å². The molecule has 4 rings (SSSR count). The van der Waals surface area contributed by atoms with E-state index in [1.165, 1.54) is 0 Å². The average Bonchev–Trinajstić information content (AvgIpc) is 3.03. The van der Waals surface area contributed by atoms with Crippen LogP contribution in [0.1, 0.15) is 40.2 Å². The van der Waals surface area contributed by atoms with Gasteiger partial charge in [0.2, 0.25) is 17.7 Å². The van der Waals surface area contributed by atoms with Gasteiger partial charge in [-0.2, -0.15) is 0 Å². The number of primary amides is 1. The maximum atomic E-state index is 14.0. The van der Waals surface area contributed by atoms with Gasteiger partial charge in [-0.05, 0) is 77.1 Å². The smallest absolute Gasteiger partial charge is 0.242 e. The molecule has 0 aliphatic rings. The molecule has 0 radical (unpaired) electrons. The van der Waals surface area contributed by atoms with Gasteiger partial charge in [-0.15, -0.1) is 0 Å². The van der Waals surface area contributed by atoms with Crippen LogP contribution in [0.2, 0.25) is 0 Å². The Morgan fingerprint density at radius 2 is 1.34 bits per heavy atom. The van der Waals surface area contributed by atoms with Crippen molar-refractivity contribution in [2.75, 3.05) is 20.0 Å². The number of rotatable bonds is 14. The van der Waals surface area contributed by atoms with Gasteiger partial charge in [0.1, 0.15) is 23.4 Å². The molecule has 1 atom stereocenters. The number of nitrogens with one attached hydrogen (secondary N) is 2. The minimum absolute atomic E-state index is 0.143. The van der Waals surface area contributed by atoms with E-state index >= 15 is 0 Å². The molecule has 10 nitrogen and oxygen atoms in total. The standard InChI is InChI=1S/C34H37N5O5/c1-43-27-12-8-25(9-13-27)32(26-10-14-28(44-2)15-11-26)34(42)39-29(16-7-23-17-18-37-30(35)19-23)33(41)38-21-24-5-3-22(4-6-24)20-31(36)40/h3-6,8-15,17-19,29,32H,7,16,20-21H2,1-2H3,(H2,35,37)(H2,36,40)(H,38,41)(H,39,42). The molecule has 0 bridgehead atoms. The van der Waals surface area contributed by atoms with Gasteiger partial charge in [0.05, 0.1) is 26.6 Å². The van der Waals surface area contributed by atoms with Crippen LogP contribution in [0.5, 0.6) is 11.5 Å². The first kappa shape index (κ1) is 31.6. The number of carbonyl (C=O) groups excluding carboxylic acids is 3. The van der Waals surface area contributed by atoms with Gasteiger partial charge >= 0.3 is 0 Å². The first-order valence-electron chi connectivity index (χ1n) is 14.2. The fraction of sp³-hybridized carbons (Fsp3) is 0.235. The van der Waals surface area contributed by atoms with E-state index in [0.29, 0.717) is 30.2 Å². The summed E-state index contributed by atoms with van der Waals surface area (Å²) in [6, 6.07) is 24.5. The maximum absolute atomic E-state index is 14.0. The number of amides is 3. The van der Waals surface area contributed by atoms with E-state index in [4.69, 9.17) is 20.9 Å². The third-order valence-electron chi connectivity index (χ3n) is 7.23. The van der Waals surface area contributed by atoms with Crippen LogP contribution < -0.4 is 31.6 Å². The number of carbonyl (C=O) groups is 3. The normalized spacial score (nSPS) is 11.4. The third-order valence-corrected chi connectivity index (χ3v) is 7.23. The molecular formula is C34H37N5O5. The van der Waals surface area contributed by atoms with Gasteiger partial charge in [0, 0.05) is 12.7 Å². The minimum atomic E-state index is -0.843. The van der Waals surface area contributed by atoms with Crippen LogP contribution in [0.3, 0.4) is 0 Å². The van der Waals surface area contributed by atoms with E-state index in [-0.39, 0.29) is 24.8 Å². The number of aromatic nitrogens is 1. The van der Waals surface area contributed by atoms with Gasteiger partial charge < -0.3 is 31.6 Å². The van der Waals surface area contributed by atoms with E-state index < -0.39 is 17.9 Å². The van der Waals surface area contributed by atoms with Gasteiger partial charge in [-0.1, -0.05) is 48.5 Å². The van der Waals surface area contributed by atoms with Gasteiger partial charge in [0.25, 0.3) is 0 Å². The van der Waals surface area contributed by atoms with Crippen molar-refractivity contribution in [3.63, 3.8) is 0 Å². The largest absolute Gasteiger partial charge is 0.497 e. The Kier molecular flexibility index (Phi) is 10.9. The SMILES string of the molecule is COc1ccc(C(C(=O)NC(CCc2ccnc(N)c2)C(=O)NCc2ccc(CC(N)=O)cc2)c2ccc(OC)cc2)cc1. The molecule has 10 heteroatoms. The lowest BCUT2D eigenvalue weighted by molar-refractivity contribution is -0.129. The van der Waals surface area contributed by atoms with Crippen LogP contribution in [0, 0.1) is 0 Å². The number of hydrogen-bond donors (Lipinski definition) is 4. The zero-order valence-corrected chi connectivity index (χ0v) is 24.8. The van der Waals surface area contributed by atoms with Gasteiger partial charge in [-0.3, -0.25) is 14.4 Å². The highest BCUT2D eigenvalue weighted by molar-refractivity contribution is 5.92. The number of anilines is 1. The van der Waals surface area contributed by atoms with Crippen molar-refractivity contribution in [1.29, 1.82) is 0 Å². The Hall–Kier alpha value is -5.38. The summed E-state index contributed by atoms with van der Waals surface area (Å²) < 4.78 is 10.6. The van der Waals surface area contributed by atoms with E-state index in [1.54, 1.807) is 62.9 Å². The summed E-state index contributed by atoms with van der Waals surface area (Å²) in [6.45, 7) is 0.241. The summed E-state index contributed by atoms with van der Waals surface area (Å²) in [5.41, 5.74) is 15.2. The van der Waals surface area contributed by atoms with Crippen LogP contribution >= 0.6 is 0 Å². The highest BCUT2D eigenvalue weighted by Gasteiger charge is 2.28. The highest BCUT2D eigenvalue weighted by atomic mass is 16.5. The quantitative estimate of drug-likeness (QED) is 0.174. The van der Waals surface area contributed by atoms with Crippen molar-refractivity contribution < 1.29 is 23.9 Å². The molecule has 0 saturated carbocycles. The molecule has 0 saturated heterocycles. The molecule has 44 heavy (non-hydrogen) atoms. The number of benzene rings is 3. The van der Waals surface area contributed by atoms with E-state index in [1.807, 2.05) is 42.5 Å². The number of ether oxygens (including phenoxy) is 2. The second-order valence-corrected chi connectivity index (χ2v) is 10.3. The van der Waals surface area contributed by atoms with Crippen molar-refractivity contribution in [3.05, 3.63) is 119 Å².